The molecule has 0 bridgehead atoms. The van der Waals surface area contributed by atoms with Crippen molar-refractivity contribution in [1.82, 2.24) is 14.8 Å². The van der Waals surface area contributed by atoms with E-state index in [-0.39, 0.29) is 12.7 Å². The van der Waals surface area contributed by atoms with E-state index in [9.17, 15) is 5.11 Å². The lowest BCUT2D eigenvalue weighted by Gasteiger charge is -2.41. The summed E-state index contributed by atoms with van der Waals surface area (Å²) < 4.78 is 7.03. The Balaban J connectivity index is 1.05. The summed E-state index contributed by atoms with van der Waals surface area (Å²) in [6.45, 7) is 10.9. The van der Waals surface area contributed by atoms with Crippen molar-refractivity contribution in [2.24, 2.45) is 5.16 Å². The topological polar surface area (TPSA) is 70.4 Å². The molecule has 0 aliphatic carbocycles. The van der Waals surface area contributed by atoms with Crippen LogP contribution < -0.4 is 4.74 Å². The van der Waals surface area contributed by atoms with Gasteiger partial charge in [0.25, 0.3) is 0 Å². The molecule has 0 radical (unpaired) electrons. The third kappa shape index (κ3) is 6.01. The summed E-state index contributed by atoms with van der Waals surface area (Å²) in [6, 6.07) is 14.8. The van der Waals surface area contributed by atoms with Crippen molar-refractivity contribution >= 4 is 27.3 Å². The zero-order chi connectivity index (χ0) is 24.4. The largest absolute Gasteiger partial charge is 0.491 e. The first-order chi connectivity index (χ1) is 16.9. The number of ether oxygens (including phenoxy) is 1. The van der Waals surface area contributed by atoms with Gasteiger partial charge in [0.2, 0.25) is 0 Å². The van der Waals surface area contributed by atoms with Crippen LogP contribution in [0.2, 0.25) is 0 Å². The Morgan fingerprint density at radius 2 is 2.00 bits per heavy atom. The van der Waals surface area contributed by atoms with Gasteiger partial charge in [-0.15, -0.1) is 11.3 Å². The minimum atomic E-state index is -0.541. The van der Waals surface area contributed by atoms with Crippen molar-refractivity contribution in [2.75, 3.05) is 39.3 Å². The second-order valence-electron chi connectivity index (χ2n) is 9.77. The van der Waals surface area contributed by atoms with Crippen LogP contribution in [0, 0.1) is 13.8 Å². The number of hydrogen-bond acceptors (Lipinski definition) is 8. The van der Waals surface area contributed by atoms with Crippen LogP contribution in [0.25, 0.3) is 10.2 Å². The fraction of sp³-hybridized carbons (Fsp3) is 0.481. The molecule has 0 saturated carbocycles. The van der Waals surface area contributed by atoms with Crippen LogP contribution in [-0.2, 0) is 4.84 Å². The highest BCUT2D eigenvalue weighted by molar-refractivity contribution is 7.18. The van der Waals surface area contributed by atoms with E-state index in [1.807, 2.05) is 25.1 Å². The number of piperazine rings is 1. The highest BCUT2D eigenvalue weighted by Gasteiger charge is 2.30. The molecular weight excluding hydrogens is 460 g/mol. The Morgan fingerprint density at radius 1 is 1.17 bits per heavy atom. The minimum Gasteiger partial charge on any atom is -0.491 e. The predicted molar refractivity (Wildman–Crippen MR) is 141 cm³/mol. The van der Waals surface area contributed by atoms with Gasteiger partial charge in [-0.2, -0.15) is 0 Å². The van der Waals surface area contributed by atoms with Crippen molar-refractivity contribution in [3.63, 3.8) is 0 Å². The zero-order valence-electron chi connectivity index (χ0n) is 20.7. The fourth-order valence-electron chi connectivity index (χ4n) is 4.87. The molecular formula is C27H34N4O3S. The number of oxime groups is 1. The molecule has 3 heterocycles. The Labute approximate surface area is 211 Å². The maximum Gasteiger partial charge on any atom is 0.145 e. The van der Waals surface area contributed by atoms with Gasteiger partial charge in [0.15, 0.2) is 0 Å². The van der Waals surface area contributed by atoms with Crippen LogP contribution in [0.3, 0.4) is 0 Å². The molecule has 5 rings (SSSR count). The maximum absolute atomic E-state index is 10.6. The Morgan fingerprint density at radius 3 is 2.80 bits per heavy atom. The van der Waals surface area contributed by atoms with E-state index in [0.29, 0.717) is 12.6 Å². The number of hydrogen-bond donors (Lipinski definition) is 1. The number of rotatable bonds is 8. The van der Waals surface area contributed by atoms with Crippen LogP contribution >= 0.6 is 11.3 Å². The Hall–Kier alpha value is -2.52. The van der Waals surface area contributed by atoms with Crippen molar-refractivity contribution in [1.29, 1.82) is 0 Å². The normalized spacial score (nSPS) is 22.2. The first kappa shape index (κ1) is 24.2. The van der Waals surface area contributed by atoms with Gasteiger partial charge in [0.05, 0.1) is 20.9 Å². The van der Waals surface area contributed by atoms with E-state index in [1.165, 1.54) is 5.56 Å². The standard InChI is InChI=1S/C27H34N4O3S/c1-18-4-6-21(7-5-18)25-13-24(34-29-25)16-30-10-11-31(19(2)14-30)15-22(32)17-33-23-8-9-27-26(12-23)28-20(3)35-27/h4-9,12,19,22,24,32H,10-11,13-17H2,1-3H3/t19-,22+,24?/m0/s1. The Kier molecular flexibility index (Phi) is 7.34. The zero-order valence-corrected chi connectivity index (χ0v) is 21.5. The number of nitrogens with zero attached hydrogens (tertiary/aromatic N) is 4. The summed E-state index contributed by atoms with van der Waals surface area (Å²) in [5, 5.41) is 16.0. The molecule has 2 aromatic carbocycles. The summed E-state index contributed by atoms with van der Waals surface area (Å²) in [6.07, 6.45) is 0.406. The number of fused-ring (bicyclic) bond motifs is 1. The Bertz CT molecular complexity index is 1180. The van der Waals surface area contributed by atoms with E-state index < -0.39 is 6.10 Å². The van der Waals surface area contributed by atoms with Gasteiger partial charge in [0, 0.05) is 51.3 Å². The van der Waals surface area contributed by atoms with E-state index >= 15 is 0 Å². The highest BCUT2D eigenvalue weighted by Crippen LogP contribution is 2.26. The molecule has 0 spiro atoms. The second kappa shape index (κ2) is 10.6. The molecule has 8 heteroatoms. The van der Waals surface area contributed by atoms with Gasteiger partial charge in [-0.25, -0.2) is 4.98 Å². The number of aryl methyl sites for hydroxylation is 2. The SMILES string of the molecule is Cc1ccc(C2=NOC(CN3CCN(C[C@@H](O)COc4ccc5sc(C)nc5c4)[C@@H](C)C3)C2)cc1. The molecule has 2 aliphatic rings. The molecule has 0 amide bonds. The summed E-state index contributed by atoms with van der Waals surface area (Å²) in [4.78, 5) is 15.1. The molecule has 1 fully saturated rings. The van der Waals surface area contributed by atoms with Gasteiger partial charge in [-0.3, -0.25) is 9.80 Å². The van der Waals surface area contributed by atoms with Crippen molar-refractivity contribution in [3.05, 3.63) is 58.6 Å². The van der Waals surface area contributed by atoms with Crippen LogP contribution in [0.15, 0.2) is 47.6 Å². The molecule has 35 heavy (non-hydrogen) atoms. The third-order valence-corrected chi connectivity index (χ3v) is 7.73. The van der Waals surface area contributed by atoms with Crippen molar-refractivity contribution in [2.45, 2.75) is 45.4 Å². The molecule has 186 valence electrons. The minimum absolute atomic E-state index is 0.0999. The van der Waals surface area contributed by atoms with Gasteiger partial charge >= 0.3 is 0 Å². The van der Waals surface area contributed by atoms with E-state index in [4.69, 9.17) is 9.57 Å². The third-order valence-electron chi connectivity index (χ3n) is 6.78. The second-order valence-corrected chi connectivity index (χ2v) is 11.0. The van der Waals surface area contributed by atoms with Gasteiger partial charge in [0.1, 0.15) is 24.6 Å². The fourth-order valence-corrected chi connectivity index (χ4v) is 5.67. The highest BCUT2D eigenvalue weighted by atomic mass is 32.1. The maximum atomic E-state index is 10.6. The number of thiazole rings is 1. The molecule has 1 unspecified atom stereocenters. The smallest absolute Gasteiger partial charge is 0.145 e. The van der Waals surface area contributed by atoms with Crippen LogP contribution in [0.4, 0.5) is 0 Å². The lowest BCUT2D eigenvalue weighted by Crippen LogP contribution is -2.55. The average molecular weight is 495 g/mol. The van der Waals surface area contributed by atoms with Crippen molar-refractivity contribution in [3.8, 4) is 5.75 Å². The quantitative estimate of drug-likeness (QED) is 0.513. The van der Waals surface area contributed by atoms with Crippen LogP contribution in [0.5, 0.6) is 5.75 Å². The molecule has 1 N–H and O–H groups in total. The summed E-state index contributed by atoms with van der Waals surface area (Å²) >= 11 is 1.68. The lowest BCUT2D eigenvalue weighted by atomic mass is 10.0. The van der Waals surface area contributed by atoms with Gasteiger partial charge < -0.3 is 14.7 Å². The first-order valence-electron chi connectivity index (χ1n) is 12.4. The summed E-state index contributed by atoms with van der Waals surface area (Å²) in [5.74, 6) is 0.753. The average Bonchev–Trinajstić information content (AvgIpc) is 3.45. The lowest BCUT2D eigenvalue weighted by molar-refractivity contribution is -0.000999. The number of aliphatic hydroxyl groups is 1. The van der Waals surface area contributed by atoms with E-state index in [1.54, 1.807) is 11.3 Å². The summed E-state index contributed by atoms with van der Waals surface area (Å²) in [7, 11) is 0. The first-order valence-corrected chi connectivity index (χ1v) is 13.2. The molecule has 7 nitrogen and oxygen atoms in total. The summed E-state index contributed by atoms with van der Waals surface area (Å²) in [5.41, 5.74) is 4.38. The van der Waals surface area contributed by atoms with E-state index in [2.05, 4.69) is 58.1 Å². The van der Waals surface area contributed by atoms with Crippen LogP contribution in [0.1, 0.15) is 29.5 Å². The van der Waals surface area contributed by atoms with Gasteiger partial charge in [-0.1, -0.05) is 35.0 Å². The predicted octanol–water partition coefficient (Wildman–Crippen LogP) is 3.85. The molecule has 3 atom stereocenters. The molecule has 3 aromatic rings. The number of benzene rings is 2. The number of aliphatic hydroxyl groups excluding tert-OH is 1. The molecule has 2 aliphatic heterocycles. The van der Waals surface area contributed by atoms with Crippen molar-refractivity contribution < 1.29 is 14.7 Å². The monoisotopic (exact) mass is 494 g/mol. The van der Waals surface area contributed by atoms with E-state index in [0.717, 1.165) is 64.8 Å². The number of aromatic nitrogens is 1. The number of β-amino-alcohol motifs (C(OH)–C–C–N with tert-alkyl or cyclic N) is 1. The molecule has 1 saturated heterocycles. The van der Waals surface area contributed by atoms with Crippen LogP contribution in [-0.4, -0.2) is 83.2 Å². The van der Waals surface area contributed by atoms with Gasteiger partial charge in [-0.05, 0) is 38.5 Å². The molecule has 1 aromatic heterocycles.